The van der Waals surface area contributed by atoms with Gasteiger partial charge in [0.05, 0.1) is 0 Å². The van der Waals surface area contributed by atoms with Crippen LogP contribution < -0.4 is 18.3 Å². The van der Waals surface area contributed by atoms with Gasteiger partial charge in [0.1, 0.15) is 28.2 Å². The van der Waals surface area contributed by atoms with E-state index in [4.69, 9.17) is 28.8 Å². The highest BCUT2D eigenvalue weighted by Crippen LogP contribution is 2.34. The molecule has 4 aromatic heterocycles. The van der Waals surface area contributed by atoms with Gasteiger partial charge in [0.2, 0.25) is 22.8 Å². The number of nitrogens with zero attached hydrogens (tertiary/aromatic N) is 4. The maximum atomic E-state index is 7.97. The molecule has 88 heavy (non-hydrogen) atoms. The molecular weight excluding hydrogens is 1060 g/mol. The maximum Gasteiger partial charge on any atom is 0.213 e. The van der Waals surface area contributed by atoms with E-state index in [1.807, 2.05) is 179 Å². The zero-order chi connectivity index (χ0) is 80.3. The van der Waals surface area contributed by atoms with E-state index in [0.29, 0.717) is 50.1 Å². The standard InChI is InChI=1S/C22H24N.2C21H22N.C20H20N/c1-15-12-22(23(5)14-18(15)4)21-13-20(16(2)11-17(21)3)19-9-7-6-8-10-19;1-15-10-11-21(22(4)14-15)20-13-19(16(2)12-17(20)3)18-8-6-5-7-9-18;1-15-10-11-19(16(2)12-15)21-13-20(17(3)14-22(21)4)18-8-6-5-7-9-18;1-15-9-12-20(21(3)14-15)19-11-10-18(13-16(19)2)17-7-5-4-6-8-17/h6-14H,1-5H3;2*5-14H,1-4H3;4-14H,1-3H3/q4*+1/i2D3,4D3;1D3,2D3;1D3,3D3;1D3. The van der Waals surface area contributed by atoms with Gasteiger partial charge in [0.15, 0.2) is 24.8 Å². The first-order valence-corrected chi connectivity index (χ1v) is 29.0. The van der Waals surface area contributed by atoms with Crippen molar-refractivity contribution in [2.75, 3.05) is 0 Å². The van der Waals surface area contributed by atoms with Gasteiger partial charge < -0.3 is 0 Å². The zero-order valence-corrected chi connectivity index (χ0v) is 51.4. The first-order valence-electron chi connectivity index (χ1n) is 39.5. The molecule has 8 aromatic carbocycles. The van der Waals surface area contributed by atoms with Crippen LogP contribution in [0, 0.1) is 82.6 Å². The molecule has 440 valence electrons. The summed E-state index contributed by atoms with van der Waals surface area (Å²) < 4.78 is 170. The molecule has 0 aliphatic carbocycles. The summed E-state index contributed by atoms with van der Waals surface area (Å²) >= 11 is 0. The highest BCUT2D eigenvalue weighted by Gasteiger charge is 2.20. The molecule has 0 aliphatic heterocycles. The van der Waals surface area contributed by atoms with Gasteiger partial charge in [-0.25, -0.2) is 18.3 Å². The largest absolute Gasteiger partial charge is 0.213 e. The molecule has 0 saturated carbocycles. The summed E-state index contributed by atoms with van der Waals surface area (Å²) in [6, 6.07) is 67.9. The Morgan fingerprint density at radius 1 is 0.216 bits per heavy atom. The Bertz CT molecular complexity index is 5070. The van der Waals surface area contributed by atoms with Gasteiger partial charge in [-0.15, -0.1) is 0 Å². The van der Waals surface area contributed by atoms with Crippen molar-refractivity contribution < 1.29 is 47.1 Å². The third-order valence-corrected chi connectivity index (χ3v) is 15.7. The Morgan fingerprint density at radius 2 is 0.591 bits per heavy atom. The topological polar surface area (TPSA) is 15.5 Å². The molecule has 0 N–H and O–H groups in total. The van der Waals surface area contributed by atoms with Crippen LogP contribution in [0.4, 0.5) is 0 Å². The van der Waals surface area contributed by atoms with E-state index in [-0.39, 0.29) is 11.1 Å². The van der Waals surface area contributed by atoms with Crippen LogP contribution in [0.5, 0.6) is 0 Å². The van der Waals surface area contributed by atoms with Crippen LogP contribution in [-0.2, 0) is 28.2 Å². The van der Waals surface area contributed by atoms with Crippen LogP contribution in [0.2, 0.25) is 0 Å². The lowest BCUT2D eigenvalue weighted by atomic mass is 9.93. The number of hydrogen-bond donors (Lipinski definition) is 0. The van der Waals surface area contributed by atoms with E-state index in [1.54, 1.807) is 108 Å². The highest BCUT2D eigenvalue weighted by molar-refractivity contribution is 5.78. The fourth-order valence-corrected chi connectivity index (χ4v) is 11.0. The SMILES string of the molecule is [2H]C([2H])([2H])c1c[n+](C)c(-c2cc(-c3ccccc3)c(C([2H])([2H])[2H])cc2C)cc1C.[2H]C([2H])([2H])c1ccc(-c2cc(-c3ccccc3)c(C([2H])([2H])[2H])c[n+]2C)c(C)c1.[2H]C([2H])([2H])c1ccc(-c2cc(-c3ccccc3)c(C([2H])([2H])[2H])cc2C)[n+](C)c1.[2H]C([2H])([2H])c1ccc(-c2ccc(-c3ccccc3)cc2C)[n+](C)c1. The highest BCUT2D eigenvalue weighted by atomic mass is 14.9. The molecule has 0 bridgehead atoms. The van der Waals surface area contributed by atoms with Crippen LogP contribution in [0.1, 0.15) is 95.5 Å². The fraction of sp³-hybridized carbons (Fsp3) is 0.190. The molecule has 0 aliphatic rings. The summed E-state index contributed by atoms with van der Waals surface area (Å²) in [6.07, 6.45) is 6.56. The molecule has 4 heteroatoms. The predicted octanol–water partition coefficient (Wildman–Crippen LogP) is 19.1. The number of benzene rings is 8. The van der Waals surface area contributed by atoms with Gasteiger partial charge in [0, 0.05) is 97.6 Å². The molecule has 12 rings (SSSR count). The summed E-state index contributed by atoms with van der Waals surface area (Å²) in [5.41, 5.74) is 20.4. The molecule has 0 saturated heterocycles. The van der Waals surface area contributed by atoms with Crippen molar-refractivity contribution in [3.63, 3.8) is 0 Å². The van der Waals surface area contributed by atoms with E-state index >= 15 is 0 Å². The summed E-state index contributed by atoms with van der Waals surface area (Å²) in [6.45, 7) is -5.83. The van der Waals surface area contributed by atoms with Crippen LogP contribution in [0.3, 0.4) is 0 Å². The first-order chi connectivity index (χ1) is 50.7. The van der Waals surface area contributed by atoms with Gasteiger partial charge in [-0.05, 0) is 202 Å². The fourth-order valence-electron chi connectivity index (χ4n) is 11.0. The predicted molar refractivity (Wildman–Crippen MR) is 371 cm³/mol. The van der Waals surface area contributed by atoms with E-state index in [1.165, 1.54) is 11.1 Å². The Hall–Kier alpha value is -9.64. The van der Waals surface area contributed by atoms with Gasteiger partial charge in [-0.3, -0.25) is 0 Å². The van der Waals surface area contributed by atoms with Crippen molar-refractivity contribution in [2.24, 2.45) is 28.2 Å². The normalized spacial score (nSPS) is 15.3. The van der Waals surface area contributed by atoms with E-state index in [9.17, 15) is 0 Å². The van der Waals surface area contributed by atoms with Gasteiger partial charge in [-0.2, -0.15) is 0 Å². The Balaban J connectivity index is 0.000000168. The van der Waals surface area contributed by atoms with Crippen LogP contribution in [0.15, 0.2) is 243 Å². The lowest BCUT2D eigenvalue weighted by molar-refractivity contribution is -0.660. The molecule has 0 amide bonds. The van der Waals surface area contributed by atoms with Crippen molar-refractivity contribution in [2.45, 2.75) is 82.6 Å². The van der Waals surface area contributed by atoms with Crippen molar-refractivity contribution in [3.05, 3.63) is 310 Å². The molecule has 0 unspecified atom stereocenters. The quantitative estimate of drug-likeness (QED) is 0.135. The number of pyridine rings is 4. The van der Waals surface area contributed by atoms with Crippen molar-refractivity contribution >= 4 is 0 Å². The number of hydrogen-bond acceptors (Lipinski definition) is 0. The summed E-state index contributed by atoms with van der Waals surface area (Å²) in [4.78, 5) is 0. The van der Waals surface area contributed by atoms with Crippen LogP contribution >= 0.6 is 0 Å². The minimum absolute atomic E-state index is 0.263. The number of rotatable bonds is 8. The average molecular weight is 1170 g/mol. The van der Waals surface area contributed by atoms with Gasteiger partial charge >= 0.3 is 0 Å². The van der Waals surface area contributed by atoms with Crippen LogP contribution in [-0.4, -0.2) is 0 Å². The van der Waals surface area contributed by atoms with Gasteiger partial charge in [-0.1, -0.05) is 163 Å². The second-order valence-corrected chi connectivity index (χ2v) is 22.2. The second kappa shape index (κ2) is 28.3. The lowest BCUT2D eigenvalue weighted by Crippen LogP contribution is -2.31. The second-order valence-electron chi connectivity index (χ2n) is 22.2. The Kier molecular flexibility index (Phi) is 13.1. The zero-order valence-electron chi connectivity index (χ0n) is 72.4. The van der Waals surface area contributed by atoms with Crippen molar-refractivity contribution in [1.29, 1.82) is 0 Å². The van der Waals surface area contributed by atoms with E-state index in [0.717, 1.165) is 84.0 Å². The summed E-state index contributed by atoms with van der Waals surface area (Å²) in [5.74, 6) is 0. The molecule has 4 heterocycles. The molecule has 0 spiro atoms. The first kappa shape index (κ1) is 40.7. The minimum atomic E-state index is -2.25. The monoisotopic (exact) mass is 1170 g/mol. The lowest BCUT2D eigenvalue weighted by Gasteiger charge is -2.12. The summed E-state index contributed by atoms with van der Waals surface area (Å²) in [7, 11) is 7.29. The maximum absolute atomic E-state index is 7.97. The number of aryl methyl sites for hydroxylation is 16. The van der Waals surface area contributed by atoms with E-state index < -0.39 is 48.0 Å². The Labute approximate surface area is 555 Å². The number of aromatic nitrogens is 4. The summed E-state index contributed by atoms with van der Waals surface area (Å²) in [5, 5.41) is 0. The van der Waals surface area contributed by atoms with Crippen molar-refractivity contribution in [3.8, 4) is 89.5 Å². The third kappa shape index (κ3) is 14.9. The van der Waals surface area contributed by atoms with E-state index in [2.05, 4.69) is 37.3 Å². The van der Waals surface area contributed by atoms with Crippen molar-refractivity contribution in [1.82, 2.24) is 0 Å². The van der Waals surface area contributed by atoms with Crippen LogP contribution in [0.25, 0.3) is 89.5 Å². The molecular formula is C84H88N4+4. The van der Waals surface area contributed by atoms with Gasteiger partial charge in [0.25, 0.3) is 0 Å². The molecule has 4 nitrogen and oxygen atoms in total. The molecule has 12 aromatic rings. The molecule has 0 radical (unpaired) electrons. The molecule has 0 fully saturated rings. The Morgan fingerprint density at radius 3 is 1.05 bits per heavy atom. The third-order valence-electron chi connectivity index (χ3n) is 15.7. The smallest absolute Gasteiger partial charge is 0.201 e. The minimum Gasteiger partial charge on any atom is -0.201 e. The average Bonchev–Trinajstić information content (AvgIpc) is 0.776. The molecule has 0 atom stereocenters.